The molecule has 2 aliphatic rings. The summed E-state index contributed by atoms with van der Waals surface area (Å²) in [6.45, 7) is 3.49. The van der Waals surface area contributed by atoms with Crippen molar-refractivity contribution in [3.63, 3.8) is 0 Å². The van der Waals surface area contributed by atoms with Crippen molar-refractivity contribution in [2.75, 3.05) is 26.2 Å². The molecule has 1 amide bonds. The van der Waals surface area contributed by atoms with Crippen molar-refractivity contribution in [3.8, 4) is 5.75 Å². The molecule has 2 aromatic rings. The maximum Gasteiger partial charge on any atom is 0.230 e. The van der Waals surface area contributed by atoms with Crippen LogP contribution in [0.25, 0.3) is 0 Å². The predicted octanol–water partition coefficient (Wildman–Crippen LogP) is 5.46. The molecule has 0 bridgehead atoms. The van der Waals surface area contributed by atoms with E-state index in [2.05, 4.69) is 22.3 Å². The Labute approximate surface area is 194 Å². The molecule has 0 atom stereocenters. The first-order valence-corrected chi connectivity index (χ1v) is 12.0. The molecule has 1 N–H and O–H groups in total. The molecule has 1 aliphatic carbocycles. The van der Waals surface area contributed by atoms with Crippen LogP contribution >= 0.6 is 23.2 Å². The Morgan fingerprint density at radius 1 is 1.03 bits per heavy atom. The molecular weight excluding hydrogens is 431 g/mol. The van der Waals surface area contributed by atoms with Gasteiger partial charge in [-0.15, -0.1) is 0 Å². The quantitative estimate of drug-likeness (QED) is 0.595. The van der Waals surface area contributed by atoms with Gasteiger partial charge in [0.15, 0.2) is 0 Å². The number of hydrogen-bond donors (Lipinski definition) is 1. The van der Waals surface area contributed by atoms with Crippen molar-refractivity contribution in [1.29, 1.82) is 0 Å². The number of amides is 1. The average molecular weight is 461 g/mol. The molecule has 4 nitrogen and oxygen atoms in total. The van der Waals surface area contributed by atoms with Crippen LogP contribution in [0.4, 0.5) is 0 Å². The fraction of sp³-hybridized carbons (Fsp3) is 0.480. The number of nitrogens with zero attached hydrogens (tertiary/aromatic N) is 1. The Kier molecular flexibility index (Phi) is 7.42. The lowest BCUT2D eigenvalue weighted by atomic mass is 9.78. The van der Waals surface area contributed by atoms with E-state index < -0.39 is 0 Å². The maximum absolute atomic E-state index is 13.1. The minimum atomic E-state index is -0.345. The molecule has 2 aromatic carbocycles. The molecule has 2 fully saturated rings. The average Bonchev–Trinajstić information content (AvgIpc) is 3.29. The van der Waals surface area contributed by atoms with E-state index in [4.69, 9.17) is 27.9 Å². The van der Waals surface area contributed by atoms with Gasteiger partial charge in [-0.2, -0.15) is 0 Å². The molecule has 0 radical (unpaired) electrons. The highest BCUT2D eigenvalue weighted by molar-refractivity contribution is 6.42. The van der Waals surface area contributed by atoms with E-state index >= 15 is 0 Å². The van der Waals surface area contributed by atoms with Gasteiger partial charge in [0.2, 0.25) is 5.91 Å². The Bertz CT molecular complexity index is 876. The zero-order valence-electron chi connectivity index (χ0n) is 17.8. The van der Waals surface area contributed by atoms with Crippen LogP contribution in [0.15, 0.2) is 48.5 Å². The summed E-state index contributed by atoms with van der Waals surface area (Å²) < 4.78 is 6.07. The zero-order valence-corrected chi connectivity index (χ0v) is 19.3. The number of piperidine rings is 1. The molecule has 1 saturated heterocycles. The second kappa shape index (κ2) is 10.2. The predicted molar refractivity (Wildman–Crippen MR) is 126 cm³/mol. The van der Waals surface area contributed by atoms with Crippen LogP contribution in [-0.2, 0) is 10.2 Å². The van der Waals surface area contributed by atoms with E-state index in [1.54, 1.807) is 12.1 Å². The third-order valence-electron chi connectivity index (χ3n) is 6.66. The highest BCUT2D eigenvalue weighted by Crippen LogP contribution is 2.41. The van der Waals surface area contributed by atoms with Crippen molar-refractivity contribution in [1.82, 2.24) is 10.2 Å². The van der Waals surface area contributed by atoms with Gasteiger partial charge in [-0.3, -0.25) is 4.79 Å². The molecule has 1 aliphatic heterocycles. The van der Waals surface area contributed by atoms with E-state index in [9.17, 15) is 4.79 Å². The summed E-state index contributed by atoms with van der Waals surface area (Å²) in [7, 11) is 0. The van der Waals surface area contributed by atoms with Crippen molar-refractivity contribution in [3.05, 3.63) is 64.1 Å². The van der Waals surface area contributed by atoms with E-state index in [-0.39, 0.29) is 17.4 Å². The first-order valence-electron chi connectivity index (χ1n) is 11.2. The second-order valence-electron chi connectivity index (χ2n) is 8.65. The number of benzene rings is 2. The Hall–Kier alpha value is -1.75. The lowest BCUT2D eigenvalue weighted by Gasteiger charge is -2.33. The summed E-state index contributed by atoms with van der Waals surface area (Å²) >= 11 is 12.1. The second-order valence-corrected chi connectivity index (χ2v) is 9.46. The molecule has 1 heterocycles. The van der Waals surface area contributed by atoms with Gasteiger partial charge < -0.3 is 15.0 Å². The molecule has 0 spiro atoms. The summed E-state index contributed by atoms with van der Waals surface area (Å²) in [5, 5.41) is 4.29. The minimum Gasteiger partial charge on any atom is -0.490 e. The van der Waals surface area contributed by atoms with Crippen molar-refractivity contribution >= 4 is 29.1 Å². The van der Waals surface area contributed by atoms with Crippen LogP contribution in [0.1, 0.15) is 44.1 Å². The number of ether oxygens (including phenoxy) is 1. The first-order chi connectivity index (χ1) is 15.1. The van der Waals surface area contributed by atoms with E-state index in [1.807, 2.05) is 24.3 Å². The standard InChI is InChI=1S/C25H30Cl2N2O2/c26-22-9-8-21(18-23(22)27)31-20-10-15-29(16-11-20)17-14-28-24(30)25(12-4-5-13-25)19-6-2-1-3-7-19/h1-3,6-9,18,20H,4-5,10-17H2,(H,28,30). The number of halogens is 2. The van der Waals surface area contributed by atoms with Gasteiger partial charge in [0, 0.05) is 32.2 Å². The van der Waals surface area contributed by atoms with Crippen LogP contribution in [0.5, 0.6) is 5.75 Å². The lowest BCUT2D eigenvalue weighted by Crippen LogP contribution is -2.46. The highest BCUT2D eigenvalue weighted by atomic mass is 35.5. The summed E-state index contributed by atoms with van der Waals surface area (Å²) in [5.41, 5.74) is 0.812. The molecule has 6 heteroatoms. The van der Waals surface area contributed by atoms with Crippen molar-refractivity contribution in [2.24, 2.45) is 0 Å². The smallest absolute Gasteiger partial charge is 0.230 e. The summed E-state index contributed by atoms with van der Waals surface area (Å²) in [6.07, 6.45) is 6.23. The number of carbonyl (C=O) groups is 1. The maximum atomic E-state index is 13.1. The monoisotopic (exact) mass is 460 g/mol. The fourth-order valence-corrected chi connectivity index (χ4v) is 5.16. The van der Waals surface area contributed by atoms with Crippen LogP contribution in [0.2, 0.25) is 10.0 Å². The van der Waals surface area contributed by atoms with Gasteiger partial charge in [0.1, 0.15) is 11.9 Å². The van der Waals surface area contributed by atoms with Crippen LogP contribution in [0.3, 0.4) is 0 Å². The summed E-state index contributed by atoms with van der Waals surface area (Å²) in [6, 6.07) is 15.7. The number of rotatable bonds is 7. The minimum absolute atomic E-state index is 0.183. The Balaban J connectivity index is 1.22. The van der Waals surface area contributed by atoms with Crippen LogP contribution in [-0.4, -0.2) is 43.1 Å². The van der Waals surface area contributed by atoms with Crippen molar-refractivity contribution in [2.45, 2.75) is 50.0 Å². The van der Waals surface area contributed by atoms with E-state index in [0.29, 0.717) is 16.6 Å². The number of nitrogens with one attached hydrogen (secondary N) is 1. The molecule has 0 unspecified atom stereocenters. The molecule has 31 heavy (non-hydrogen) atoms. The van der Waals surface area contributed by atoms with Crippen LogP contribution in [0, 0.1) is 0 Å². The number of hydrogen-bond acceptors (Lipinski definition) is 3. The third-order valence-corrected chi connectivity index (χ3v) is 7.40. The Morgan fingerprint density at radius 2 is 1.74 bits per heavy atom. The molecule has 1 saturated carbocycles. The first kappa shape index (κ1) is 22.4. The molecular formula is C25H30Cl2N2O2. The third kappa shape index (κ3) is 5.36. The molecule has 4 rings (SSSR count). The zero-order chi connectivity index (χ0) is 21.7. The van der Waals surface area contributed by atoms with Gasteiger partial charge in [-0.1, -0.05) is 66.4 Å². The van der Waals surface area contributed by atoms with Gasteiger partial charge >= 0.3 is 0 Å². The van der Waals surface area contributed by atoms with Crippen LogP contribution < -0.4 is 10.1 Å². The van der Waals surface area contributed by atoms with Gasteiger partial charge in [-0.05, 0) is 43.4 Å². The largest absolute Gasteiger partial charge is 0.490 e. The normalized spacial score (nSPS) is 19.3. The fourth-order valence-electron chi connectivity index (χ4n) is 4.87. The molecule has 0 aromatic heterocycles. The van der Waals surface area contributed by atoms with Gasteiger partial charge in [0.05, 0.1) is 15.5 Å². The summed E-state index contributed by atoms with van der Waals surface area (Å²) in [5.74, 6) is 0.955. The van der Waals surface area contributed by atoms with E-state index in [0.717, 1.165) is 69.5 Å². The highest BCUT2D eigenvalue weighted by Gasteiger charge is 2.42. The van der Waals surface area contributed by atoms with Gasteiger partial charge in [-0.25, -0.2) is 0 Å². The van der Waals surface area contributed by atoms with Gasteiger partial charge in [0.25, 0.3) is 0 Å². The topological polar surface area (TPSA) is 41.6 Å². The Morgan fingerprint density at radius 3 is 2.42 bits per heavy atom. The number of carbonyl (C=O) groups excluding carboxylic acids is 1. The lowest BCUT2D eigenvalue weighted by molar-refractivity contribution is -0.126. The summed E-state index contributed by atoms with van der Waals surface area (Å²) in [4.78, 5) is 15.5. The SMILES string of the molecule is O=C(NCCN1CCC(Oc2ccc(Cl)c(Cl)c2)CC1)C1(c2ccccc2)CCCC1. The molecule has 166 valence electrons. The number of likely N-dealkylation sites (tertiary alicyclic amines) is 1. The van der Waals surface area contributed by atoms with Crippen molar-refractivity contribution < 1.29 is 9.53 Å². The van der Waals surface area contributed by atoms with E-state index in [1.165, 1.54) is 0 Å².